The molecule has 1 aliphatic heterocycles. The SMILES string of the molecule is CCOc1cc(/C=C2/SC(=S)N(c3ccccc3)C2=O)ccc1OCCCOc1ccc(CC)cc1. The van der Waals surface area contributed by atoms with Crippen LogP contribution in [0.1, 0.15) is 31.4 Å². The molecule has 36 heavy (non-hydrogen) atoms. The zero-order valence-corrected chi connectivity index (χ0v) is 22.1. The molecular formula is C29H29NO4S2. The van der Waals surface area contributed by atoms with Crippen molar-refractivity contribution in [3.8, 4) is 17.2 Å². The highest BCUT2D eigenvalue weighted by Gasteiger charge is 2.33. The summed E-state index contributed by atoms with van der Waals surface area (Å²) >= 11 is 6.76. The highest BCUT2D eigenvalue weighted by molar-refractivity contribution is 8.27. The number of amides is 1. The standard InChI is InChI=1S/C29H29NO4S2/c1-3-21-11-14-24(15-12-21)33-17-8-18-34-25-16-13-22(19-26(25)32-4-2)20-27-28(31)30(29(35)36-27)23-9-6-5-7-10-23/h5-7,9-16,19-20H,3-4,8,17-18H2,1-2H3/b27-20+. The fourth-order valence-electron chi connectivity index (χ4n) is 3.67. The average Bonchev–Trinajstić information content (AvgIpc) is 3.18. The van der Waals surface area contributed by atoms with Gasteiger partial charge in [-0.3, -0.25) is 9.69 Å². The van der Waals surface area contributed by atoms with Gasteiger partial charge in [0.15, 0.2) is 15.8 Å². The van der Waals surface area contributed by atoms with Gasteiger partial charge in [0, 0.05) is 6.42 Å². The number of aryl methyl sites for hydroxylation is 1. The molecule has 1 saturated heterocycles. The summed E-state index contributed by atoms with van der Waals surface area (Å²) in [4.78, 5) is 15.2. The second-order valence-corrected chi connectivity index (χ2v) is 9.72. The van der Waals surface area contributed by atoms with E-state index >= 15 is 0 Å². The monoisotopic (exact) mass is 519 g/mol. The van der Waals surface area contributed by atoms with Crippen LogP contribution in [0.2, 0.25) is 0 Å². The first-order valence-electron chi connectivity index (χ1n) is 12.0. The van der Waals surface area contributed by atoms with Crippen molar-refractivity contribution in [1.29, 1.82) is 0 Å². The normalized spacial score (nSPS) is 14.4. The summed E-state index contributed by atoms with van der Waals surface area (Å²) in [6.45, 7) is 5.64. The second kappa shape index (κ2) is 12.6. The first-order valence-corrected chi connectivity index (χ1v) is 13.3. The van der Waals surface area contributed by atoms with Gasteiger partial charge in [0.25, 0.3) is 5.91 Å². The van der Waals surface area contributed by atoms with Gasteiger partial charge in [0.1, 0.15) is 5.75 Å². The summed E-state index contributed by atoms with van der Waals surface area (Å²) in [6, 6.07) is 23.3. The van der Waals surface area contributed by atoms with Crippen LogP contribution in [0.4, 0.5) is 5.69 Å². The minimum atomic E-state index is -0.126. The van der Waals surface area contributed by atoms with Gasteiger partial charge in [-0.05, 0) is 66.9 Å². The number of hydrogen-bond acceptors (Lipinski definition) is 6. The molecule has 0 bridgehead atoms. The van der Waals surface area contributed by atoms with Crippen molar-refractivity contribution < 1.29 is 19.0 Å². The van der Waals surface area contributed by atoms with Crippen LogP contribution in [-0.4, -0.2) is 30.0 Å². The van der Waals surface area contributed by atoms with Crippen molar-refractivity contribution in [3.05, 3.63) is 88.8 Å². The van der Waals surface area contributed by atoms with E-state index in [4.69, 9.17) is 26.4 Å². The summed E-state index contributed by atoms with van der Waals surface area (Å²) in [7, 11) is 0. The summed E-state index contributed by atoms with van der Waals surface area (Å²) < 4.78 is 18.1. The van der Waals surface area contributed by atoms with Crippen molar-refractivity contribution in [2.24, 2.45) is 0 Å². The molecule has 186 valence electrons. The Morgan fingerprint density at radius 3 is 2.36 bits per heavy atom. The average molecular weight is 520 g/mol. The Balaban J connectivity index is 1.37. The summed E-state index contributed by atoms with van der Waals surface area (Å²) in [6.07, 6.45) is 3.60. The molecule has 0 atom stereocenters. The Hall–Kier alpha value is -3.29. The van der Waals surface area contributed by atoms with Crippen LogP contribution < -0.4 is 19.1 Å². The number of benzene rings is 3. The maximum Gasteiger partial charge on any atom is 0.270 e. The third-order valence-electron chi connectivity index (χ3n) is 5.52. The van der Waals surface area contributed by atoms with Crippen molar-refractivity contribution in [3.63, 3.8) is 0 Å². The third kappa shape index (κ3) is 6.47. The molecule has 3 aromatic rings. The van der Waals surface area contributed by atoms with E-state index in [2.05, 4.69) is 19.1 Å². The number of carbonyl (C=O) groups excluding carboxylic acids is 1. The number of ether oxygens (including phenoxy) is 3. The molecule has 0 N–H and O–H groups in total. The Morgan fingerprint density at radius 1 is 0.889 bits per heavy atom. The van der Waals surface area contributed by atoms with Gasteiger partial charge in [-0.2, -0.15) is 0 Å². The van der Waals surface area contributed by atoms with E-state index in [1.54, 1.807) is 4.90 Å². The minimum absolute atomic E-state index is 0.126. The molecule has 4 rings (SSSR count). The molecule has 0 radical (unpaired) electrons. The van der Waals surface area contributed by atoms with Gasteiger partial charge < -0.3 is 14.2 Å². The molecule has 7 heteroatoms. The lowest BCUT2D eigenvalue weighted by Gasteiger charge is -2.14. The van der Waals surface area contributed by atoms with Crippen LogP contribution in [0.15, 0.2) is 77.7 Å². The smallest absolute Gasteiger partial charge is 0.270 e. The Bertz CT molecular complexity index is 1230. The molecule has 1 heterocycles. The molecular weight excluding hydrogens is 490 g/mol. The maximum atomic E-state index is 13.0. The number of anilines is 1. The molecule has 0 saturated carbocycles. The Kier molecular flexibility index (Phi) is 9.03. The molecule has 1 amide bonds. The number of para-hydroxylation sites is 1. The zero-order valence-electron chi connectivity index (χ0n) is 20.4. The maximum absolute atomic E-state index is 13.0. The quantitative estimate of drug-likeness (QED) is 0.156. The molecule has 1 fully saturated rings. The largest absolute Gasteiger partial charge is 0.493 e. The number of rotatable bonds is 11. The molecule has 0 aliphatic carbocycles. The van der Waals surface area contributed by atoms with E-state index in [1.807, 2.05) is 73.7 Å². The van der Waals surface area contributed by atoms with E-state index in [-0.39, 0.29) is 5.91 Å². The first-order chi connectivity index (χ1) is 17.6. The molecule has 0 aromatic heterocycles. The van der Waals surface area contributed by atoms with Crippen LogP contribution in [-0.2, 0) is 11.2 Å². The lowest BCUT2D eigenvalue weighted by atomic mass is 10.1. The minimum Gasteiger partial charge on any atom is -0.493 e. The molecule has 0 spiro atoms. The van der Waals surface area contributed by atoms with Crippen molar-refractivity contribution in [1.82, 2.24) is 0 Å². The van der Waals surface area contributed by atoms with Crippen LogP contribution in [0.25, 0.3) is 6.08 Å². The Morgan fingerprint density at radius 2 is 1.64 bits per heavy atom. The van der Waals surface area contributed by atoms with Crippen LogP contribution >= 0.6 is 24.0 Å². The summed E-state index contributed by atoms with van der Waals surface area (Å²) in [5, 5.41) is 0. The zero-order chi connectivity index (χ0) is 25.3. The molecule has 5 nitrogen and oxygen atoms in total. The topological polar surface area (TPSA) is 48.0 Å². The predicted molar refractivity (Wildman–Crippen MR) is 151 cm³/mol. The van der Waals surface area contributed by atoms with Gasteiger partial charge in [-0.1, -0.05) is 67.3 Å². The number of nitrogens with zero attached hydrogens (tertiary/aromatic N) is 1. The predicted octanol–water partition coefficient (Wildman–Crippen LogP) is 6.90. The van der Waals surface area contributed by atoms with Crippen LogP contribution in [0, 0.1) is 0 Å². The van der Waals surface area contributed by atoms with E-state index in [0.29, 0.717) is 40.5 Å². The lowest BCUT2D eigenvalue weighted by Crippen LogP contribution is -2.27. The first kappa shape index (κ1) is 25.8. The van der Waals surface area contributed by atoms with E-state index in [1.165, 1.54) is 17.3 Å². The van der Waals surface area contributed by atoms with Gasteiger partial charge >= 0.3 is 0 Å². The number of thioether (sulfide) groups is 1. The third-order valence-corrected chi connectivity index (χ3v) is 6.82. The van der Waals surface area contributed by atoms with Crippen molar-refractivity contribution in [2.75, 3.05) is 24.7 Å². The number of hydrogen-bond donors (Lipinski definition) is 0. The highest BCUT2D eigenvalue weighted by atomic mass is 32.2. The number of thiocarbonyl (C=S) groups is 1. The Labute approximate surface area is 222 Å². The van der Waals surface area contributed by atoms with E-state index < -0.39 is 0 Å². The summed E-state index contributed by atoms with van der Waals surface area (Å²) in [5.41, 5.74) is 2.91. The highest BCUT2D eigenvalue weighted by Crippen LogP contribution is 2.37. The fraction of sp³-hybridized carbons (Fsp3) is 0.241. The fourth-order valence-corrected chi connectivity index (χ4v) is 4.97. The van der Waals surface area contributed by atoms with Gasteiger partial charge in [-0.15, -0.1) is 0 Å². The molecule has 1 aliphatic rings. The molecule has 0 unspecified atom stereocenters. The lowest BCUT2D eigenvalue weighted by molar-refractivity contribution is -0.113. The van der Waals surface area contributed by atoms with Crippen LogP contribution in [0.3, 0.4) is 0 Å². The van der Waals surface area contributed by atoms with Gasteiger partial charge in [-0.25, -0.2) is 0 Å². The number of carbonyl (C=O) groups is 1. The van der Waals surface area contributed by atoms with Gasteiger partial charge in [0.2, 0.25) is 0 Å². The van der Waals surface area contributed by atoms with E-state index in [0.717, 1.165) is 29.8 Å². The second-order valence-electron chi connectivity index (χ2n) is 8.04. The van der Waals surface area contributed by atoms with Gasteiger partial charge in [0.05, 0.1) is 30.4 Å². The van der Waals surface area contributed by atoms with Crippen LogP contribution in [0.5, 0.6) is 17.2 Å². The van der Waals surface area contributed by atoms with Crippen molar-refractivity contribution in [2.45, 2.75) is 26.7 Å². The van der Waals surface area contributed by atoms with E-state index in [9.17, 15) is 4.79 Å². The molecule has 3 aromatic carbocycles. The van der Waals surface area contributed by atoms with Crippen molar-refractivity contribution >= 4 is 46.0 Å². The summed E-state index contributed by atoms with van der Waals surface area (Å²) in [5.74, 6) is 2.04.